The van der Waals surface area contributed by atoms with Gasteiger partial charge in [0.25, 0.3) is 0 Å². The van der Waals surface area contributed by atoms with Crippen LogP contribution in [0.3, 0.4) is 0 Å². The van der Waals surface area contributed by atoms with Crippen molar-refractivity contribution in [2.24, 2.45) is 0 Å². The Morgan fingerprint density at radius 1 is 1.14 bits per heavy atom. The van der Waals surface area contributed by atoms with Gasteiger partial charge in [0, 0.05) is 16.9 Å². The van der Waals surface area contributed by atoms with E-state index < -0.39 is 0 Å². The summed E-state index contributed by atoms with van der Waals surface area (Å²) in [5.74, 6) is -0.360. The minimum Gasteiger partial charge on any atom is -0.462 e. The SMILES string of the molecule is CCCCOC(=O)c1cc(N)c(C(C)(C)CCC)c(N)c1. The lowest BCUT2D eigenvalue weighted by molar-refractivity contribution is 0.0500. The Hall–Kier alpha value is -1.71. The van der Waals surface area contributed by atoms with Gasteiger partial charge in [0.15, 0.2) is 0 Å². The molecule has 0 saturated heterocycles. The molecular weight excluding hydrogens is 264 g/mol. The fraction of sp³-hybridized carbons (Fsp3) is 0.588. The second-order valence-corrected chi connectivity index (χ2v) is 6.15. The van der Waals surface area contributed by atoms with Crippen molar-refractivity contribution in [2.75, 3.05) is 18.1 Å². The van der Waals surface area contributed by atoms with E-state index in [2.05, 4.69) is 27.7 Å². The van der Waals surface area contributed by atoms with Gasteiger partial charge in [-0.05, 0) is 30.4 Å². The van der Waals surface area contributed by atoms with E-state index in [4.69, 9.17) is 16.2 Å². The molecule has 0 aromatic heterocycles. The number of ether oxygens (including phenoxy) is 1. The maximum absolute atomic E-state index is 12.0. The van der Waals surface area contributed by atoms with Crippen LogP contribution in [0, 0.1) is 0 Å². The fourth-order valence-corrected chi connectivity index (χ4v) is 2.73. The molecular formula is C17H28N2O2. The highest BCUT2D eigenvalue weighted by Gasteiger charge is 2.26. The highest BCUT2D eigenvalue weighted by Crippen LogP contribution is 2.37. The number of rotatable bonds is 7. The van der Waals surface area contributed by atoms with Crippen LogP contribution in [0.15, 0.2) is 12.1 Å². The Bertz CT molecular complexity index is 473. The minimum atomic E-state index is -0.360. The number of carbonyl (C=O) groups excluding carboxylic acids is 1. The Balaban J connectivity index is 3.02. The number of benzene rings is 1. The summed E-state index contributed by atoms with van der Waals surface area (Å²) in [5.41, 5.74) is 14.7. The Kier molecular flexibility index (Phi) is 6.06. The first-order chi connectivity index (χ1) is 9.83. The van der Waals surface area contributed by atoms with Gasteiger partial charge in [-0.3, -0.25) is 0 Å². The van der Waals surface area contributed by atoms with Crippen LogP contribution in [0.1, 0.15) is 69.3 Å². The monoisotopic (exact) mass is 292 g/mol. The van der Waals surface area contributed by atoms with Crippen molar-refractivity contribution in [1.82, 2.24) is 0 Å². The van der Waals surface area contributed by atoms with Gasteiger partial charge in [-0.25, -0.2) is 4.79 Å². The molecule has 0 fully saturated rings. The third-order valence-electron chi connectivity index (χ3n) is 3.72. The van der Waals surface area contributed by atoms with Crippen molar-refractivity contribution in [3.63, 3.8) is 0 Å². The molecule has 4 heteroatoms. The van der Waals surface area contributed by atoms with Crippen LogP contribution >= 0.6 is 0 Å². The average molecular weight is 292 g/mol. The summed E-state index contributed by atoms with van der Waals surface area (Å²) >= 11 is 0. The van der Waals surface area contributed by atoms with E-state index in [0.717, 1.165) is 31.2 Å². The zero-order chi connectivity index (χ0) is 16.0. The molecule has 1 aromatic rings. The predicted molar refractivity (Wildman–Crippen MR) is 88.4 cm³/mol. The summed E-state index contributed by atoms with van der Waals surface area (Å²) in [7, 11) is 0. The standard InChI is InChI=1S/C17H28N2O2/c1-5-7-9-21-16(20)12-10-13(18)15(14(19)11-12)17(3,4)8-6-2/h10-11H,5-9,18-19H2,1-4H3. The van der Waals surface area contributed by atoms with Crippen LogP contribution in [-0.2, 0) is 10.2 Å². The van der Waals surface area contributed by atoms with E-state index in [1.54, 1.807) is 12.1 Å². The second kappa shape index (κ2) is 7.34. The maximum Gasteiger partial charge on any atom is 0.338 e. The molecule has 0 bridgehead atoms. The summed E-state index contributed by atoms with van der Waals surface area (Å²) in [6.07, 6.45) is 3.88. The molecule has 0 unspecified atom stereocenters. The highest BCUT2D eigenvalue weighted by molar-refractivity contribution is 5.92. The molecule has 1 aromatic carbocycles. The molecule has 0 heterocycles. The van der Waals surface area contributed by atoms with Gasteiger partial charge >= 0.3 is 5.97 Å². The van der Waals surface area contributed by atoms with Crippen LogP contribution in [0.2, 0.25) is 0 Å². The number of unbranched alkanes of at least 4 members (excludes halogenated alkanes) is 1. The third-order valence-corrected chi connectivity index (χ3v) is 3.72. The van der Waals surface area contributed by atoms with Gasteiger partial charge in [-0.2, -0.15) is 0 Å². The number of hydrogen-bond acceptors (Lipinski definition) is 4. The zero-order valence-corrected chi connectivity index (χ0v) is 13.7. The van der Waals surface area contributed by atoms with E-state index >= 15 is 0 Å². The van der Waals surface area contributed by atoms with Crippen LogP contribution in [-0.4, -0.2) is 12.6 Å². The molecule has 0 aliphatic heterocycles. The maximum atomic E-state index is 12.0. The molecule has 0 radical (unpaired) electrons. The van der Waals surface area contributed by atoms with E-state index in [0.29, 0.717) is 23.5 Å². The van der Waals surface area contributed by atoms with Gasteiger partial charge < -0.3 is 16.2 Å². The highest BCUT2D eigenvalue weighted by atomic mass is 16.5. The molecule has 21 heavy (non-hydrogen) atoms. The first kappa shape index (κ1) is 17.3. The van der Waals surface area contributed by atoms with E-state index in [1.165, 1.54) is 0 Å². The molecule has 0 saturated carbocycles. The number of nitrogens with two attached hydrogens (primary N) is 2. The number of hydrogen-bond donors (Lipinski definition) is 2. The van der Waals surface area contributed by atoms with E-state index in [9.17, 15) is 4.79 Å². The van der Waals surface area contributed by atoms with Gasteiger partial charge in [0.1, 0.15) is 0 Å². The number of esters is 1. The Labute approximate surface area is 127 Å². The lowest BCUT2D eigenvalue weighted by atomic mass is 9.78. The van der Waals surface area contributed by atoms with Crippen molar-refractivity contribution in [3.8, 4) is 0 Å². The largest absolute Gasteiger partial charge is 0.462 e. The molecule has 0 atom stereocenters. The summed E-state index contributed by atoms with van der Waals surface area (Å²) in [5, 5.41) is 0. The van der Waals surface area contributed by atoms with Gasteiger partial charge in [0.05, 0.1) is 12.2 Å². The number of carbonyl (C=O) groups is 1. The lowest BCUT2D eigenvalue weighted by Crippen LogP contribution is -2.21. The topological polar surface area (TPSA) is 78.3 Å². The van der Waals surface area contributed by atoms with Gasteiger partial charge in [0.2, 0.25) is 0 Å². The first-order valence-corrected chi connectivity index (χ1v) is 7.70. The normalized spacial score (nSPS) is 11.4. The predicted octanol–water partition coefficient (Wildman–Crippen LogP) is 3.89. The third kappa shape index (κ3) is 4.38. The van der Waals surface area contributed by atoms with E-state index in [1.807, 2.05) is 0 Å². The molecule has 1 rings (SSSR count). The smallest absolute Gasteiger partial charge is 0.338 e. The lowest BCUT2D eigenvalue weighted by Gasteiger charge is -2.28. The van der Waals surface area contributed by atoms with Crippen molar-refractivity contribution in [1.29, 1.82) is 0 Å². The Morgan fingerprint density at radius 2 is 1.71 bits per heavy atom. The first-order valence-electron chi connectivity index (χ1n) is 7.70. The molecule has 0 aliphatic rings. The van der Waals surface area contributed by atoms with Crippen molar-refractivity contribution in [3.05, 3.63) is 23.3 Å². The molecule has 0 spiro atoms. The van der Waals surface area contributed by atoms with E-state index in [-0.39, 0.29) is 11.4 Å². The second-order valence-electron chi connectivity index (χ2n) is 6.15. The summed E-state index contributed by atoms with van der Waals surface area (Å²) in [4.78, 5) is 12.0. The molecule has 118 valence electrons. The minimum absolute atomic E-state index is 0.104. The van der Waals surface area contributed by atoms with Crippen LogP contribution in [0.25, 0.3) is 0 Å². The van der Waals surface area contributed by atoms with Crippen molar-refractivity contribution in [2.45, 2.75) is 58.8 Å². The van der Waals surface area contributed by atoms with Crippen molar-refractivity contribution < 1.29 is 9.53 Å². The Morgan fingerprint density at radius 3 is 2.19 bits per heavy atom. The zero-order valence-electron chi connectivity index (χ0n) is 13.7. The van der Waals surface area contributed by atoms with Crippen molar-refractivity contribution >= 4 is 17.3 Å². The molecule has 0 amide bonds. The van der Waals surface area contributed by atoms with Crippen LogP contribution < -0.4 is 11.5 Å². The quantitative estimate of drug-likeness (QED) is 0.454. The average Bonchev–Trinajstić information content (AvgIpc) is 2.37. The van der Waals surface area contributed by atoms with Gasteiger partial charge in [-0.15, -0.1) is 0 Å². The summed E-state index contributed by atoms with van der Waals surface area (Å²) in [6, 6.07) is 3.36. The summed E-state index contributed by atoms with van der Waals surface area (Å²) < 4.78 is 5.20. The van der Waals surface area contributed by atoms with Crippen LogP contribution in [0.4, 0.5) is 11.4 Å². The number of nitrogen functional groups attached to an aromatic ring is 2. The fourth-order valence-electron chi connectivity index (χ4n) is 2.73. The summed E-state index contributed by atoms with van der Waals surface area (Å²) in [6.45, 7) is 8.86. The molecule has 4 N–H and O–H groups in total. The molecule has 0 aliphatic carbocycles. The van der Waals surface area contributed by atoms with Gasteiger partial charge in [-0.1, -0.05) is 40.5 Å². The molecule has 4 nitrogen and oxygen atoms in total. The van der Waals surface area contributed by atoms with Crippen LogP contribution in [0.5, 0.6) is 0 Å². The number of anilines is 2.